The number of nitrogens with zero attached hydrogens (tertiary/aromatic N) is 2. The zero-order valence-electron chi connectivity index (χ0n) is 23.5. The number of nitrogens with one attached hydrogen (secondary N) is 3. The molecule has 9 nitrogen and oxygen atoms in total. The van der Waals surface area contributed by atoms with Crippen molar-refractivity contribution in [2.75, 3.05) is 32.8 Å². The van der Waals surface area contributed by atoms with Crippen molar-refractivity contribution in [2.24, 2.45) is 0 Å². The van der Waals surface area contributed by atoms with E-state index in [1.165, 1.54) is 0 Å². The van der Waals surface area contributed by atoms with Crippen LogP contribution in [0.5, 0.6) is 0 Å². The molecular weight excluding hydrogens is 506 g/mol. The van der Waals surface area contributed by atoms with Crippen molar-refractivity contribution in [3.8, 4) is 0 Å². The maximum absolute atomic E-state index is 13.6. The topological polar surface area (TPSA) is 118 Å². The maximum Gasteiger partial charge on any atom is 0.251 e. The number of fused-ring (bicyclic) bond motifs is 1. The molecule has 40 heavy (non-hydrogen) atoms. The molecule has 214 valence electrons. The molecule has 4 N–H and O–H groups in total. The lowest BCUT2D eigenvalue weighted by Crippen LogP contribution is -2.62. The monoisotopic (exact) mass is 547 g/mol. The van der Waals surface area contributed by atoms with E-state index in [2.05, 4.69) is 15.5 Å². The van der Waals surface area contributed by atoms with E-state index in [9.17, 15) is 14.7 Å². The van der Waals surface area contributed by atoms with Crippen molar-refractivity contribution < 1.29 is 19.4 Å². The van der Waals surface area contributed by atoms with E-state index in [-0.39, 0.29) is 17.8 Å². The molecule has 5 rings (SSSR count). The fourth-order valence-corrected chi connectivity index (χ4v) is 6.30. The van der Waals surface area contributed by atoms with Crippen molar-refractivity contribution in [1.29, 1.82) is 5.41 Å². The van der Waals surface area contributed by atoms with Gasteiger partial charge in [-0.3, -0.25) is 24.8 Å². The molecule has 0 radical (unpaired) electrons. The normalized spacial score (nSPS) is 23.4. The standard InChI is InChI=1S/C31H41N5O4/c1-3-31(4-2)20-27(38)36(30(32)34-31)25(12-13-35-14-16-40-17-15-35)22-9-7-10-23(18-22)29(39)33-28-24-11-6-5-8-21(24)19-26(28)37/h5-11,18,25-26,28,37H,3-4,12-17,19-20H2,1-2H3,(H2,32,34)(H,33,39)/t25?,26-,28-/m1/s1. The molecule has 3 aliphatic rings. The molecule has 1 aliphatic carbocycles. The Balaban J connectivity index is 1.39. The second kappa shape index (κ2) is 12.1. The molecule has 0 saturated carbocycles. The molecule has 0 spiro atoms. The van der Waals surface area contributed by atoms with Gasteiger partial charge in [-0.25, -0.2) is 0 Å². The Morgan fingerprint density at radius 1 is 1.18 bits per heavy atom. The molecule has 2 heterocycles. The fraction of sp³-hybridized carbons (Fsp3) is 0.516. The molecule has 9 heteroatoms. The van der Waals surface area contributed by atoms with E-state index in [1.54, 1.807) is 11.0 Å². The van der Waals surface area contributed by atoms with Gasteiger partial charge in [0.05, 0.1) is 37.8 Å². The Bertz CT molecular complexity index is 1220. The van der Waals surface area contributed by atoms with Gasteiger partial charge < -0.3 is 20.5 Å². The minimum absolute atomic E-state index is 0.0695. The van der Waals surface area contributed by atoms with Gasteiger partial charge in [-0.05, 0) is 48.1 Å². The highest BCUT2D eigenvalue weighted by Gasteiger charge is 2.42. The lowest BCUT2D eigenvalue weighted by Gasteiger charge is -2.45. The van der Waals surface area contributed by atoms with Crippen LogP contribution in [0, 0.1) is 5.41 Å². The first-order chi connectivity index (χ1) is 19.3. The highest BCUT2D eigenvalue weighted by molar-refractivity contribution is 6.00. The van der Waals surface area contributed by atoms with Crippen molar-refractivity contribution in [2.45, 2.75) is 69.7 Å². The SMILES string of the molecule is CCC1(CC)CC(=O)N(C(CCN2CCOCC2)c2cccc(C(=O)N[C@@H]3c4ccccc4C[C@H]3O)c2)C(=N)N1. The van der Waals surface area contributed by atoms with Crippen LogP contribution < -0.4 is 10.6 Å². The lowest BCUT2D eigenvalue weighted by molar-refractivity contribution is -0.133. The van der Waals surface area contributed by atoms with Gasteiger partial charge >= 0.3 is 0 Å². The van der Waals surface area contributed by atoms with Gasteiger partial charge in [0.15, 0.2) is 5.96 Å². The number of hydrogen-bond donors (Lipinski definition) is 4. The molecule has 2 amide bonds. The summed E-state index contributed by atoms with van der Waals surface area (Å²) in [5, 5.41) is 25.9. The number of carbonyl (C=O) groups is 2. The van der Waals surface area contributed by atoms with E-state index < -0.39 is 23.7 Å². The summed E-state index contributed by atoms with van der Waals surface area (Å²) < 4.78 is 5.50. The van der Waals surface area contributed by atoms with Gasteiger partial charge in [0.2, 0.25) is 5.91 Å². The number of guanidine groups is 1. The first-order valence-electron chi connectivity index (χ1n) is 14.5. The number of amides is 2. The largest absolute Gasteiger partial charge is 0.390 e. The number of morpholine rings is 1. The van der Waals surface area contributed by atoms with Crippen LogP contribution in [0.3, 0.4) is 0 Å². The molecule has 2 aromatic carbocycles. The van der Waals surface area contributed by atoms with Crippen molar-refractivity contribution in [3.05, 3.63) is 70.8 Å². The van der Waals surface area contributed by atoms with Gasteiger partial charge in [-0.1, -0.05) is 50.2 Å². The van der Waals surface area contributed by atoms with E-state index in [4.69, 9.17) is 10.1 Å². The van der Waals surface area contributed by atoms with Crippen LogP contribution in [0.25, 0.3) is 0 Å². The molecular formula is C31H41N5O4. The van der Waals surface area contributed by atoms with Gasteiger partial charge in [0.25, 0.3) is 5.91 Å². The Kier molecular flexibility index (Phi) is 8.54. The average molecular weight is 548 g/mol. The number of hydrogen-bond acceptors (Lipinski definition) is 6. The van der Waals surface area contributed by atoms with Crippen molar-refractivity contribution >= 4 is 17.8 Å². The number of benzene rings is 2. The van der Waals surface area contributed by atoms with Crippen LogP contribution in [0.4, 0.5) is 0 Å². The van der Waals surface area contributed by atoms with E-state index >= 15 is 0 Å². The summed E-state index contributed by atoms with van der Waals surface area (Å²) in [5.41, 5.74) is 2.86. The minimum Gasteiger partial charge on any atom is -0.390 e. The smallest absolute Gasteiger partial charge is 0.251 e. The first-order valence-corrected chi connectivity index (χ1v) is 14.5. The number of aliphatic hydroxyl groups excluding tert-OH is 1. The average Bonchev–Trinajstić information content (AvgIpc) is 3.29. The fourth-order valence-electron chi connectivity index (χ4n) is 6.30. The Labute approximate surface area is 236 Å². The number of aliphatic hydroxyl groups is 1. The molecule has 3 atom stereocenters. The third-order valence-electron chi connectivity index (χ3n) is 8.89. The molecule has 2 saturated heterocycles. The quantitative estimate of drug-likeness (QED) is 0.383. The van der Waals surface area contributed by atoms with Crippen molar-refractivity contribution in [1.82, 2.24) is 20.4 Å². The number of carbonyl (C=O) groups excluding carboxylic acids is 2. The molecule has 0 bridgehead atoms. The summed E-state index contributed by atoms with van der Waals surface area (Å²) >= 11 is 0. The van der Waals surface area contributed by atoms with Crippen molar-refractivity contribution in [3.63, 3.8) is 0 Å². The summed E-state index contributed by atoms with van der Waals surface area (Å²) in [7, 11) is 0. The molecule has 2 fully saturated rings. The predicted molar refractivity (Wildman–Crippen MR) is 153 cm³/mol. The van der Waals surface area contributed by atoms with Crippen LogP contribution in [0.15, 0.2) is 48.5 Å². The Morgan fingerprint density at radius 3 is 2.65 bits per heavy atom. The molecule has 0 aromatic heterocycles. The highest BCUT2D eigenvalue weighted by Crippen LogP contribution is 2.34. The lowest BCUT2D eigenvalue weighted by atomic mass is 9.86. The van der Waals surface area contributed by atoms with Gasteiger partial charge in [-0.2, -0.15) is 0 Å². The minimum atomic E-state index is -0.680. The van der Waals surface area contributed by atoms with Crippen LogP contribution >= 0.6 is 0 Å². The zero-order chi connectivity index (χ0) is 28.3. The third-order valence-corrected chi connectivity index (χ3v) is 8.89. The maximum atomic E-state index is 13.6. The van der Waals surface area contributed by atoms with Gasteiger partial charge in [0, 0.05) is 37.2 Å². The summed E-state index contributed by atoms with van der Waals surface area (Å²) in [4.78, 5) is 30.9. The summed E-state index contributed by atoms with van der Waals surface area (Å²) in [6.45, 7) is 7.88. The highest BCUT2D eigenvalue weighted by atomic mass is 16.5. The third kappa shape index (κ3) is 5.77. The predicted octanol–water partition coefficient (Wildman–Crippen LogP) is 3.15. The van der Waals surface area contributed by atoms with E-state index in [0.717, 1.165) is 49.2 Å². The summed E-state index contributed by atoms with van der Waals surface area (Å²) in [6, 6.07) is 14.3. The second-order valence-corrected chi connectivity index (χ2v) is 11.2. The molecule has 1 unspecified atom stereocenters. The molecule has 2 aromatic rings. The van der Waals surface area contributed by atoms with Crippen LogP contribution in [-0.2, 0) is 16.0 Å². The number of ether oxygens (including phenoxy) is 1. The van der Waals surface area contributed by atoms with Crippen LogP contribution in [0.1, 0.15) is 78.7 Å². The summed E-state index contributed by atoms with van der Waals surface area (Å²) in [6.07, 6.45) is 2.30. The first kappa shape index (κ1) is 28.3. The van der Waals surface area contributed by atoms with Gasteiger partial charge in [-0.15, -0.1) is 0 Å². The van der Waals surface area contributed by atoms with E-state index in [0.29, 0.717) is 38.0 Å². The molecule has 2 aliphatic heterocycles. The van der Waals surface area contributed by atoms with Crippen LogP contribution in [0.2, 0.25) is 0 Å². The second-order valence-electron chi connectivity index (χ2n) is 11.2. The van der Waals surface area contributed by atoms with E-state index in [1.807, 2.05) is 56.3 Å². The number of rotatable bonds is 9. The van der Waals surface area contributed by atoms with Gasteiger partial charge in [0.1, 0.15) is 0 Å². The van der Waals surface area contributed by atoms with Crippen LogP contribution in [-0.4, -0.2) is 77.2 Å². The Morgan fingerprint density at radius 2 is 1.93 bits per heavy atom. The summed E-state index contributed by atoms with van der Waals surface area (Å²) in [5.74, 6) is -0.226. The zero-order valence-corrected chi connectivity index (χ0v) is 23.5. The Hall–Kier alpha value is -3.27.